The molecular formula is C7H5ClFIO. The number of rotatable bonds is 1. The Bertz CT molecular complexity index is 277. The molecular weight excluding hydrogens is 281 g/mol. The van der Waals surface area contributed by atoms with Crippen LogP contribution < -0.4 is 4.74 Å². The molecule has 4 heteroatoms. The third-order valence-electron chi connectivity index (χ3n) is 1.21. The lowest BCUT2D eigenvalue weighted by Gasteiger charge is -2.04. The Balaban J connectivity index is 3.29. The molecule has 60 valence electrons. The second-order valence-corrected chi connectivity index (χ2v) is 3.45. The van der Waals surface area contributed by atoms with E-state index in [1.807, 2.05) is 22.6 Å². The molecule has 0 saturated heterocycles. The molecule has 0 bridgehead atoms. The summed E-state index contributed by atoms with van der Waals surface area (Å²) in [6, 6.07) is 3.20. The zero-order valence-corrected chi connectivity index (χ0v) is 8.61. The van der Waals surface area contributed by atoms with Crippen LogP contribution in [0.15, 0.2) is 12.1 Å². The number of ether oxygens (including phenoxy) is 1. The normalized spacial score (nSPS) is 9.82. The SMILES string of the molecule is COc1c(I)ccc(Cl)c1F. The lowest BCUT2D eigenvalue weighted by atomic mass is 10.3. The molecule has 0 fully saturated rings. The average Bonchev–Trinajstić information content (AvgIpc) is 1.99. The highest BCUT2D eigenvalue weighted by Gasteiger charge is 2.09. The van der Waals surface area contributed by atoms with E-state index < -0.39 is 5.82 Å². The smallest absolute Gasteiger partial charge is 0.184 e. The van der Waals surface area contributed by atoms with E-state index in [0.717, 1.165) is 0 Å². The van der Waals surface area contributed by atoms with Crippen LogP contribution in [0.5, 0.6) is 5.75 Å². The van der Waals surface area contributed by atoms with Crippen molar-refractivity contribution in [3.05, 3.63) is 26.5 Å². The van der Waals surface area contributed by atoms with Crippen LogP contribution in [0.3, 0.4) is 0 Å². The van der Waals surface area contributed by atoms with Crippen molar-refractivity contribution in [1.82, 2.24) is 0 Å². The molecule has 0 heterocycles. The number of methoxy groups -OCH3 is 1. The number of hydrogen-bond donors (Lipinski definition) is 0. The fraction of sp³-hybridized carbons (Fsp3) is 0.143. The van der Waals surface area contributed by atoms with Crippen molar-refractivity contribution >= 4 is 34.2 Å². The predicted molar refractivity (Wildman–Crippen MR) is 50.7 cm³/mol. The molecule has 1 aromatic rings. The summed E-state index contributed by atoms with van der Waals surface area (Å²) in [5.74, 6) is -0.292. The summed E-state index contributed by atoms with van der Waals surface area (Å²) in [4.78, 5) is 0. The summed E-state index contributed by atoms with van der Waals surface area (Å²) in [7, 11) is 1.41. The lowest BCUT2D eigenvalue weighted by molar-refractivity contribution is 0.383. The van der Waals surface area contributed by atoms with Gasteiger partial charge in [-0.05, 0) is 34.7 Å². The molecule has 0 aliphatic rings. The highest BCUT2D eigenvalue weighted by molar-refractivity contribution is 14.1. The van der Waals surface area contributed by atoms with E-state index in [-0.39, 0.29) is 10.8 Å². The topological polar surface area (TPSA) is 9.23 Å². The Kier molecular flexibility index (Phi) is 2.95. The molecule has 0 aromatic heterocycles. The van der Waals surface area contributed by atoms with Gasteiger partial charge < -0.3 is 4.74 Å². The molecule has 0 amide bonds. The fourth-order valence-electron chi connectivity index (χ4n) is 0.696. The van der Waals surface area contributed by atoms with Crippen molar-refractivity contribution in [2.75, 3.05) is 7.11 Å². The maximum absolute atomic E-state index is 13.0. The molecule has 1 rings (SSSR count). The van der Waals surface area contributed by atoms with Gasteiger partial charge in [0.25, 0.3) is 0 Å². The molecule has 0 atom stereocenters. The summed E-state index contributed by atoms with van der Waals surface area (Å²) in [6.45, 7) is 0. The molecule has 1 aromatic carbocycles. The molecule has 1 nitrogen and oxygen atoms in total. The molecule has 0 aliphatic heterocycles. The average molecular weight is 286 g/mol. The van der Waals surface area contributed by atoms with E-state index in [1.54, 1.807) is 6.07 Å². The van der Waals surface area contributed by atoms with E-state index in [1.165, 1.54) is 13.2 Å². The highest BCUT2D eigenvalue weighted by atomic mass is 127. The first-order chi connectivity index (χ1) is 5.16. The largest absolute Gasteiger partial charge is 0.493 e. The minimum atomic E-state index is -0.499. The van der Waals surface area contributed by atoms with Gasteiger partial charge in [0.05, 0.1) is 15.7 Å². The van der Waals surface area contributed by atoms with Crippen LogP contribution in [0.25, 0.3) is 0 Å². The minimum Gasteiger partial charge on any atom is -0.493 e. The summed E-state index contributed by atoms with van der Waals surface area (Å²) in [5.41, 5.74) is 0. The van der Waals surface area contributed by atoms with Gasteiger partial charge in [0.2, 0.25) is 0 Å². The van der Waals surface area contributed by atoms with Gasteiger partial charge in [-0.25, -0.2) is 4.39 Å². The summed E-state index contributed by atoms with van der Waals surface area (Å²) in [5, 5.41) is 0.0854. The third kappa shape index (κ3) is 1.76. The fourth-order valence-corrected chi connectivity index (χ4v) is 1.48. The summed E-state index contributed by atoms with van der Waals surface area (Å²) >= 11 is 7.49. The highest BCUT2D eigenvalue weighted by Crippen LogP contribution is 2.29. The van der Waals surface area contributed by atoms with E-state index in [2.05, 4.69) is 0 Å². The maximum atomic E-state index is 13.0. The van der Waals surface area contributed by atoms with Crippen LogP contribution in [-0.4, -0.2) is 7.11 Å². The van der Waals surface area contributed by atoms with E-state index >= 15 is 0 Å². The van der Waals surface area contributed by atoms with Crippen molar-refractivity contribution in [1.29, 1.82) is 0 Å². The summed E-state index contributed by atoms with van der Waals surface area (Å²) in [6.07, 6.45) is 0. The van der Waals surface area contributed by atoms with Crippen molar-refractivity contribution in [3.63, 3.8) is 0 Å². The summed E-state index contributed by atoms with van der Waals surface area (Å²) < 4.78 is 18.5. The molecule has 0 unspecified atom stereocenters. The van der Waals surface area contributed by atoms with Gasteiger partial charge in [-0.2, -0.15) is 0 Å². The van der Waals surface area contributed by atoms with E-state index in [0.29, 0.717) is 3.57 Å². The quantitative estimate of drug-likeness (QED) is 0.569. The van der Waals surface area contributed by atoms with Gasteiger partial charge in [-0.1, -0.05) is 11.6 Å². The Labute approximate surface area is 82.6 Å². The Hall–Kier alpha value is -0.0300. The Morgan fingerprint density at radius 2 is 2.18 bits per heavy atom. The van der Waals surface area contributed by atoms with Crippen molar-refractivity contribution in [2.45, 2.75) is 0 Å². The minimum absolute atomic E-state index is 0.0854. The second kappa shape index (κ2) is 3.58. The van der Waals surface area contributed by atoms with Crippen LogP contribution in [0.4, 0.5) is 4.39 Å². The van der Waals surface area contributed by atoms with Gasteiger partial charge in [-0.3, -0.25) is 0 Å². The molecule has 0 N–H and O–H groups in total. The second-order valence-electron chi connectivity index (χ2n) is 1.88. The standard InChI is InChI=1S/C7H5ClFIO/c1-11-7-5(10)3-2-4(8)6(7)9/h2-3H,1H3. The van der Waals surface area contributed by atoms with Gasteiger partial charge in [0.15, 0.2) is 11.6 Å². The van der Waals surface area contributed by atoms with Crippen molar-refractivity contribution in [2.24, 2.45) is 0 Å². The number of benzene rings is 1. The van der Waals surface area contributed by atoms with Crippen LogP contribution >= 0.6 is 34.2 Å². The number of hydrogen-bond acceptors (Lipinski definition) is 1. The van der Waals surface area contributed by atoms with Gasteiger partial charge in [-0.15, -0.1) is 0 Å². The zero-order valence-electron chi connectivity index (χ0n) is 5.70. The van der Waals surface area contributed by atoms with E-state index in [4.69, 9.17) is 16.3 Å². The van der Waals surface area contributed by atoms with Gasteiger partial charge in [0.1, 0.15) is 0 Å². The van der Waals surface area contributed by atoms with E-state index in [9.17, 15) is 4.39 Å². The zero-order chi connectivity index (χ0) is 8.43. The van der Waals surface area contributed by atoms with Crippen molar-refractivity contribution < 1.29 is 9.13 Å². The monoisotopic (exact) mass is 286 g/mol. The molecule has 0 saturated carbocycles. The molecule has 0 aliphatic carbocycles. The Morgan fingerprint density at radius 1 is 1.55 bits per heavy atom. The van der Waals surface area contributed by atoms with Gasteiger partial charge >= 0.3 is 0 Å². The lowest BCUT2D eigenvalue weighted by Crippen LogP contribution is -1.91. The van der Waals surface area contributed by atoms with Crippen LogP contribution in [0.2, 0.25) is 5.02 Å². The van der Waals surface area contributed by atoms with Crippen LogP contribution in [-0.2, 0) is 0 Å². The molecule has 11 heavy (non-hydrogen) atoms. The first-order valence-corrected chi connectivity index (χ1v) is 4.30. The third-order valence-corrected chi connectivity index (χ3v) is 2.35. The Morgan fingerprint density at radius 3 is 2.64 bits per heavy atom. The first kappa shape index (κ1) is 9.06. The van der Waals surface area contributed by atoms with Gasteiger partial charge in [0, 0.05) is 0 Å². The van der Waals surface area contributed by atoms with Crippen LogP contribution in [0.1, 0.15) is 0 Å². The predicted octanol–water partition coefficient (Wildman–Crippen LogP) is 3.09. The first-order valence-electron chi connectivity index (χ1n) is 2.84. The number of halogens is 3. The maximum Gasteiger partial charge on any atom is 0.184 e. The molecule has 0 radical (unpaired) electrons. The van der Waals surface area contributed by atoms with Crippen LogP contribution in [0, 0.1) is 9.39 Å². The van der Waals surface area contributed by atoms with Crippen molar-refractivity contribution in [3.8, 4) is 5.75 Å². The molecule has 0 spiro atoms.